The lowest BCUT2D eigenvalue weighted by atomic mass is 10.2. The zero-order valence-corrected chi connectivity index (χ0v) is 9.81. The summed E-state index contributed by atoms with van der Waals surface area (Å²) in [6, 6.07) is 1.28. The van der Waals surface area contributed by atoms with Gasteiger partial charge in [0.15, 0.2) is 0 Å². The molecule has 0 spiro atoms. The van der Waals surface area contributed by atoms with Gasteiger partial charge in [-0.25, -0.2) is 9.78 Å². The van der Waals surface area contributed by atoms with Gasteiger partial charge >= 0.3 is 12.1 Å². The number of anilines is 1. The van der Waals surface area contributed by atoms with E-state index < -0.39 is 23.8 Å². The van der Waals surface area contributed by atoms with Crippen molar-refractivity contribution in [2.24, 2.45) is 0 Å². The second-order valence-electron chi connectivity index (χ2n) is 4.15. The van der Waals surface area contributed by atoms with Crippen LogP contribution in [0, 0.1) is 0 Å². The number of nitrogens with one attached hydrogen (secondary N) is 1. The molecule has 8 heteroatoms. The number of pyridine rings is 1. The van der Waals surface area contributed by atoms with Crippen molar-refractivity contribution in [2.45, 2.75) is 12.2 Å². The van der Waals surface area contributed by atoms with Crippen molar-refractivity contribution in [3.63, 3.8) is 0 Å². The largest absolute Gasteiger partial charge is 0.480 e. The highest BCUT2D eigenvalue weighted by Crippen LogP contribution is 2.29. The minimum Gasteiger partial charge on any atom is -0.480 e. The van der Waals surface area contributed by atoms with E-state index in [9.17, 15) is 18.0 Å². The van der Waals surface area contributed by atoms with Gasteiger partial charge in [0.2, 0.25) is 0 Å². The van der Waals surface area contributed by atoms with E-state index in [1.807, 2.05) is 0 Å². The first-order valence-corrected chi connectivity index (χ1v) is 5.63. The molecule has 1 aromatic rings. The van der Waals surface area contributed by atoms with Crippen molar-refractivity contribution >= 4 is 11.8 Å². The van der Waals surface area contributed by atoms with E-state index in [1.54, 1.807) is 0 Å². The summed E-state index contributed by atoms with van der Waals surface area (Å²) < 4.78 is 37.2. The van der Waals surface area contributed by atoms with Gasteiger partial charge in [0.05, 0.1) is 5.56 Å². The van der Waals surface area contributed by atoms with Crippen LogP contribution in [0.1, 0.15) is 5.56 Å². The highest BCUT2D eigenvalue weighted by atomic mass is 19.4. The number of rotatable bonds is 2. The Morgan fingerprint density at radius 3 is 2.74 bits per heavy atom. The molecular formula is C11H12F3N3O2. The van der Waals surface area contributed by atoms with Crippen LogP contribution in [-0.4, -0.2) is 41.7 Å². The Bertz CT molecular complexity index is 461. The molecule has 1 unspecified atom stereocenters. The van der Waals surface area contributed by atoms with Gasteiger partial charge in [-0.3, -0.25) is 0 Å². The summed E-state index contributed by atoms with van der Waals surface area (Å²) in [4.78, 5) is 16.3. The number of hydrogen-bond acceptors (Lipinski definition) is 4. The average Bonchev–Trinajstić information content (AvgIpc) is 2.38. The molecule has 1 fully saturated rings. The first kappa shape index (κ1) is 13.6. The molecule has 1 aliphatic heterocycles. The number of halogens is 3. The van der Waals surface area contributed by atoms with Crippen LogP contribution in [0.5, 0.6) is 0 Å². The molecule has 0 aromatic carbocycles. The molecule has 2 rings (SSSR count). The molecule has 1 saturated heterocycles. The summed E-state index contributed by atoms with van der Waals surface area (Å²) in [6.07, 6.45) is -3.72. The Hall–Kier alpha value is -1.83. The highest BCUT2D eigenvalue weighted by molar-refractivity contribution is 5.78. The first-order chi connectivity index (χ1) is 8.89. The number of alkyl halides is 3. The SMILES string of the molecule is O=C(O)C1CNCCN1c1ccc(C(F)(F)F)cn1. The topological polar surface area (TPSA) is 65.5 Å². The van der Waals surface area contributed by atoms with Gasteiger partial charge in [0.1, 0.15) is 11.9 Å². The van der Waals surface area contributed by atoms with Gasteiger partial charge in [0, 0.05) is 25.8 Å². The Labute approximate surface area is 107 Å². The smallest absolute Gasteiger partial charge is 0.417 e. The van der Waals surface area contributed by atoms with E-state index >= 15 is 0 Å². The maximum absolute atomic E-state index is 12.4. The van der Waals surface area contributed by atoms with Crippen LogP contribution in [-0.2, 0) is 11.0 Å². The molecule has 1 aliphatic rings. The molecule has 2 N–H and O–H groups in total. The molecule has 0 amide bonds. The zero-order valence-electron chi connectivity index (χ0n) is 9.81. The number of nitrogens with zero attached hydrogens (tertiary/aromatic N) is 2. The van der Waals surface area contributed by atoms with Crippen molar-refractivity contribution < 1.29 is 23.1 Å². The number of carboxylic acid groups (broad SMARTS) is 1. The summed E-state index contributed by atoms with van der Waals surface area (Å²) in [5, 5.41) is 12.0. The van der Waals surface area contributed by atoms with E-state index in [0.717, 1.165) is 12.3 Å². The standard InChI is InChI=1S/C11H12F3N3O2/c12-11(13,14)7-1-2-9(16-5-7)17-4-3-15-6-8(17)10(18)19/h1-2,5,8,15H,3-4,6H2,(H,18,19). The minimum absolute atomic E-state index is 0.234. The zero-order chi connectivity index (χ0) is 14.0. The number of aliphatic carboxylic acids is 1. The Balaban J connectivity index is 2.23. The average molecular weight is 275 g/mol. The predicted molar refractivity (Wildman–Crippen MR) is 60.9 cm³/mol. The summed E-state index contributed by atoms with van der Waals surface area (Å²) in [5.74, 6) is -0.796. The monoisotopic (exact) mass is 275 g/mol. The van der Waals surface area contributed by atoms with Crippen LogP contribution >= 0.6 is 0 Å². The van der Waals surface area contributed by atoms with Crippen LogP contribution in [0.25, 0.3) is 0 Å². The van der Waals surface area contributed by atoms with Crippen LogP contribution in [0.4, 0.5) is 19.0 Å². The molecule has 1 aromatic heterocycles. The molecule has 19 heavy (non-hydrogen) atoms. The number of piperazine rings is 1. The van der Waals surface area contributed by atoms with Crippen molar-refractivity contribution in [1.29, 1.82) is 0 Å². The normalized spacial score (nSPS) is 20.4. The Morgan fingerprint density at radius 2 is 2.21 bits per heavy atom. The third-order valence-electron chi connectivity index (χ3n) is 2.90. The van der Waals surface area contributed by atoms with E-state index in [1.165, 1.54) is 11.0 Å². The number of carbonyl (C=O) groups is 1. The molecule has 104 valence electrons. The molecule has 0 bridgehead atoms. The molecule has 0 radical (unpaired) electrons. The number of hydrogen-bond donors (Lipinski definition) is 2. The van der Waals surface area contributed by atoms with Crippen LogP contribution < -0.4 is 10.2 Å². The van der Waals surface area contributed by atoms with E-state index in [-0.39, 0.29) is 12.4 Å². The number of carboxylic acids is 1. The molecule has 5 nitrogen and oxygen atoms in total. The van der Waals surface area contributed by atoms with Gasteiger partial charge in [0.25, 0.3) is 0 Å². The lowest BCUT2D eigenvalue weighted by molar-refractivity contribution is -0.139. The van der Waals surface area contributed by atoms with Crippen molar-refractivity contribution in [3.8, 4) is 0 Å². The highest BCUT2D eigenvalue weighted by Gasteiger charge is 2.32. The van der Waals surface area contributed by atoms with Gasteiger partial charge in [-0.2, -0.15) is 13.2 Å². The molecule has 0 saturated carbocycles. The third-order valence-corrected chi connectivity index (χ3v) is 2.90. The van der Waals surface area contributed by atoms with Crippen LogP contribution in [0.2, 0.25) is 0 Å². The molecule has 1 atom stereocenters. The van der Waals surface area contributed by atoms with E-state index in [2.05, 4.69) is 10.3 Å². The minimum atomic E-state index is -4.44. The Kier molecular flexibility index (Phi) is 3.61. The summed E-state index contributed by atoms with van der Waals surface area (Å²) >= 11 is 0. The third kappa shape index (κ3) is 2.95. The van der Waals surface area contributed by atoms with Crippen molar-refractivity contribution in [3.05, 3.63) is 23.9 Å². The Morgan fingerprint density at radius 1 is 1.47 bits per heavy atom. The van der Waals surface area contributed by atoms with Crippen molar-refractivity contribution in [1.82, 2.24) is 10.3 Å². The summed E-state index contributed by atoms with van der Waals surface area (Å²) in [7, 11) is 0. The fraction of sp³-hybridized carbons (Fsp3) is 0.455. The van der Waals surface area contributed by atoms with Crippen LogP contribution in [0.15, 0.2) is 18.3 Å². The van der Waals surface area contributed by atoms with Crippen LogP contribution in [0.3, 0.4) is 0 Å². The maximum atomic E-state index is 12.4. The quantitative estimate of drug-likeness (QED) is 0.841. The fourth-order valence-electron chi connectivity index (χ4n) is 1.92. The maximum Gasteiger partial charge on any atom is 0.417 e. The number of aromatic nitrogens is 1. The fourth-order valence-corrected chi connectivity index (χ4v) is 1.92. The first-order valence-electron chi connectivity index (χ1n) is 5.63. The second kappa shape index (κ2) is 5.04. The molecular weight excluding hydrogens is 263 g/mol. The summed E-state index contributed by atoms with van der Waals surface area (Å²) in [5.41, 5.74) is -0.849. The molecule has 2 heterocycles. The van der Waals surface area contributed by atoms with E-state index in [4.69, 9.17) is 5.11 Å². The van der Waals surface area contributed by atoms with Gasteiger partial charge in [-0.1, -0.05) is 0 Å². The van der Waals surface area contributed by atoms with Gasteiger partial charge < -0.3 is 15.3 Å². The summed E-state index contributed by atoms with van der Waals surface area (Å²) in [6.45, 7) is 1.18. The van der Waals surface area contributed by atoms with Gasteiger partial charge in [-0.05, 0) is 12.1 Å². The lowest BCUT2D eigenvalue weighted by Gasteiger charge is -2.34. The molecule has 0 aliphatic carbocycles. The predicted octanol–water partition coefficient (Wildman–Crippen LogP) is 0.963. The second-order valence-corrected chi connectivity index (χ2v) is 4.15. The lowest BCUT2D eigenvalue weighted by Crippen LogP contribution is -2.55. The van der Waals surface area contributed by atoms with Gasteiger partial charge in [-0.15, -0.1) is 0 Å². The van der Waals surface area contributed by atoms with E-state index in [0.29, 0.717) is 13.1 Å². The van der Waals surface area contributed by atoms with Crippen molar-refractivity contribution in [2.75, 3.05) is 24.5 Å².